The summed E-state index contributed by atoms with van der Waals surface area (Å²) in [4.78, 5) is 13.2. The van der Waals surface area contributed by atoms with Crippen molar-refractivity contribution in [3.05, 3.63) is 0 Å². The van der Waals surface area contributed by atoms with Crippen LogP contribution in [0.3, 0.4) is 0 Å². The van der Waals surface area contributed by atoms with E-state index in [0.717, 1.165) is 12.8 Å². The summed E-state index contributed by atoms with van der Waals surface area (Å²) < 4.78 is 22.3. The first-order valence-electron chi connectivity index (χ1n) is 5.28. The van der Waals surface area contributed by atoms with Crippen LogP contribution in [0, 0.1) is 0 Å². The van der Waals surface area contributed by atoms with E-state index in [4.69, 9.17) is 0 Å². The number of amides is 1. The maximum Gasteiger partial charge on any atom is 0.236 e. The number of carbonyl (C=O) groups excluding carboxylic acids is 1. The predicted octanol–water partition coefficient (Wildman–Crippen LogP) is -1.00. The number of nitrogens with one attached hydrogen (secondary N) is 1. The van der Waals surface area contributed by atoms with E-state index in [1.54, 1.807) is 4.90 Å². The minimum atomic E-state index is -2.88. The van der Waals surface area contributed by atoms with Gasteiger partial charge >= 0.3 is 0 Å². The zero-order valence-electron chi connectivity index (χ0n) is 8.61. The lowest BCUT2D eigenvalue weighted by Gasteiger charge is -2.26. The molecule has 1 amide bonds. The Kier molecular flexibility index (Phi) is 2.97. The second-order valence-electron chi connectivity index (χ2n) is 4.19. The van der Waals surface area contributed by atoms with Gasteiger partial charge in [-0.1, -0.05) is 0 Å². The Morgan fingerprint density at radius 1 is 1.27 bits per heavy atom. The Bertz CT molecular complexity index is 334. The molecule has 0 radical (unpaired) electrons. The Hall–Kier alpha value is -0.620. The van der Waals surface area contributed by atoms with Crippen molar-refractivity contribution in [1.82, 2.24) is 10.2 Å². The molecule has 0 bridgehead atoms. The highest BCUT2D eigenvalue weighted by Crippen LogP contribution is 2.18. The number of hydrogen-bond donors (Lipinski definition) is 1. The molecular formula is C9H16N2O3S. The Labute approximate surface area is 89.7 Å². The maximum absolute atomic E-state index is 11.6. The molecule has 86 valence electrons. The molecule has 0 spiro atoms. The molecule has 1 saturated carbocycles. The highest BCUT2D eigenvalue weighted by atomic mass is 32.2. The van der Waals surface area contributed by atoms with Gasteiger partial charge in [0.15, 0.2) is 9.84 Å². The maximum atomic E-state index is 11.6. The van der Waals surface area contributed by atoms with Gasteiger partial charge in [-0.25, -0.2) is 8.42 Å². The second-order valence-corrected chi connectivity index (χ2v) is 6.49. The smallest absolute Gasteiger partial charge is 0.236 e. The zero-order valence-corrected chi connectivity index (χ0v) is 9.42. The minimum Gasteiger partial charge on any atom is -0.340 e. The molecule has 0 atom stereocenters. The van der Waals surface area contributed by atoms with Gasteiger partial charge in [-0.15, -0.1) is 0 Å². The summed E-state index contributed by atoms with van der Waals surface area (Å²) in [5, 5.41) is 3.13. The molecule has 5 nitrogen and oxygen atoms in total. The summed E-state index contributed by atoms with van der Waals surface area (Å²) in [6.07, 6.45) is 2.31. The average molecular weight is 232 g/mol. The van der Waals surface area contributed by atoms with Gasteiger partial charge in [0.2, 0.25) is 5.91 Å². The molecule has 2 aliphatic rings. The quantitative estimate of drug-likeness (QED) is 0.677. The lowest BCUT2D eigenvalue weighted by molar-refractivity contribution is -0.129. The normalized spacial score (nSPS) is 25.2. The van der Waals surface area contributed by atoms with Crippen molar-refractivity contribution in [2.45, 2.75) is 18.9 Å². The van der Waals surface area contributed by atoms with Crippen LogP contribution in [0.25, 0.3) is 0 Å². The van der Waals surface area contributed by atoms with Crippen molar-refractivity contribution in [3.8, 4) is 0 Å². The Balaban J connectivity index is 1.76. The van der Waals surface area contributed by atoms with Crippen molar-refractivity contribution in [1.29, 1.82) is 0 Å². The minimum absolute atomic E-state index is 0.0248. The zero-order chi connectivity index (χ0) is 10.9. The van der Waals surface area contributed by atoms with Gasteiger partial charge in [-0.2, -0.15) is 0 Å². The molecule has 2 fully saturated rings. The summed E-state index contributed by atoms with van der Waals surface area (Å²) in [7, 11) is -2.88. The fourth-order valence-electron chi connectivity index (χ4n) is 1.59. The van der Waals surface area contributed by atoms with Crippen molar-refractivity contribution in [2.24, 2.45) is 0 Å². The molecule has 1 heterocycles. The molecule has 0 aromatic heterocycles. The van der Waals surface area contributed by atoms with E-state index < -0.39 is 9.84 Å². The average Bonchev–Trinajstić information content (AvgIpc) is 2.97. The number of sulfone groups is 1. The third kappa shape index (κ3) is 3.17. The fraction of sp³-hybridized carbons (Fsp3) is 0.889. The molecule has 6 heteroatoms. The molecule has 0 aromatic rings. The van der Waals surface area contributed by atoms with E-state index >= 15 is 0 Å². The molecule has 1 N–H and O–H groups in total. The number of rotatable bonds is 3. The number of hydrogen-bond acceptors (Lipinski definition) is 4. The first-order valence-corrected chi connectivity index (χ1v) is 7.10. The van der Waals surface area contributed by atoms with Gasteiger partial charge in [-0.3, -0.25) is 4.79 Å². The van der Waals surface area contributed by atoms with Crippen molar-refractivity contribution in [3.63, 3.8) is 0 Å². The van der Waals surface area contributed by atoms with Gasteiger partial charge in [0.05, 0.1) is 18.1 Å². The monoisotopic (exact) mass is 232 g/mol. The van der Waals surface area contributed by atoms with Crippen LogP contribution in [0.2, 0.25) is 0 Å². The van der Waals surface area contributed by atoms with E-state index in [1.807, 2.05) is 0 Å². The summed E-state index contributed by atoms with van der Waals surface area (Å²) in [6.45, 7) is 1.06. The van der Waals surface area contributed by atoms with Crippen LogP contribution in [0.4, 0.5) is 0 Å². The molecule has 1 saturated heterocycles. The summed E-state index contributed by atoms with van der Waals surface area (Å²) >= 11 is 0. The van der Waals surface area contributed by atoms with Crippen LogP contribution in [-0.4, -0.2) is 56.4 Å². The van der Waals surface area contributed by atoms with E-state index in [2.05, 4.69) is 5.32 Å². The Morgan fingerprint density at radius 3 is 2.40 bits per heavy atom. The molecule has 0 aromatic carbocycles. The van der Waals surface area contributed by atoms with E-state index in [1.165, 1.54) is 0 Å². The standard InChI is InChI=1S/C9H16N2O3S/c12-9(7-10-8-1-2-8)11-3-5-15(13,14)6-4-11/h8,10H,1-7H2. The van der Waals surface area contributed by atoms with Gasteiger partial charge in [0.25, 0.3) is 0 Å². The first kappa shape index (κ1) is 10.9. The van der Waals surface area contributed by atoms with Crippen LogP contribution >= 0.6 is 0 Å². The van der Waals surface area contributed by atoms with Crippen LogP contribution in [0.15, 0.2) is 0 Å². The summed E-state index contributed by atoms with van der Waals surface area (Å²) in [6, 6.07) is 0.516. The molecule has 2 rings (SSSR count). The van der Waals surface area contributed by atoms with Crippen LogP contribution in [0.1, 0.15) is 12.8 Å². The molecule has 1 aliphatic heterocycles. The summed E-state index contributed by atoms with van der Waals surface area (Å²) in [5.74, 6) is 0.251. The first-order chi connectivity index (χ1) is 7.07. The SMILES string of the molecule is O=C(CNC1CC1)N1CCS(=O)(=O)CC1. The van der Waals surface area contributed by atoms with Gasteiger partial charge in [0.1, 0.15) is 0 Å². The van der Waals surface area contributed by atoms with E-state index in [0.29, 0.717) is 25.7 Å². The lowest BCUT2D eigenvalue weighted by Crippen LogP contribution is -2.47. The third-order valence-corrected chi connectivity index (χ3v) is 4.43. The fourth-order valence-corrected chi connectivity index (χ4v) is 2.79. The van der Waals surface area contributed by atoms with Gasteiger partial charge < -0.3 is 10.2 Å². The molecule has 1 aliphatic carbocycles. The third-order valence-electron chi connectivity index (χ3n) is 2.82. The van der Waals surface area contributed by atoms with Crippen molar-refractivity contribution >= 4 is 15.7 Å². The van der Waals surface area contributed by atoms with Gasteiger partial charge in [0, 0.05) is 19.1 Å². The largest absolute Gasteiger partial charge is 0.340 e. The topological polar surface area (TPSA) is 66.5 Å². The number of carbonyl (C=O) groups is 1. The highest BCUT2D eigenvalue weighted by Gasteiger charge is 2.26. The van der Waals surface area contributed by atoms with E-state index in [9.17, 15) is 13.2 Å². The highest BCUT2D eigenvalue weighted by molar-refractivity contribution is 7.91. The van der Waals surface area contributed by atoms with Crippen molar-refractivity contribution < 1.29 is 13.2 Å². The molecule has 15 heavy (non-hydrogen) atoms. The van der Waals surface area contributed by atoms with Crippen LogP contribution in [-0.2, 0) is 14.6 Å². The Morgan fingerprint density at radius 2 is 1.87 bits per heavy atom. The van der Waals surface area contributed by atoms with Gasteiger partial charge in [-0.05, 0) is 12.8 Å². The second kappa shape index (κ2) is 4.09. The van der Waals surface area contributed by atoms with E-state index in [-0.39, 0.29) is 17.4 Å². The predicted molar refractivity (Wildman–Crippen MR) is 56.3 cm³/mol. The molecule has 0 unspecified atom stereocenters. The van der Waals surface area contributed by atoms with Crippen LogP contribution in [0.5, 0.6) is 0 Å². The molecular weight excluding hydrogens is 216 g/mol. The lowest BCUT2D eigenvalue weighted by atomic mass is 10.4. The summed E-state index contributed by atoms with van der Waals surface area (Å²) in [5.41, 5.74) is 0. The number of nitrogens with zero attached hydrogens (tertiary/aromatic N) is 1. The van der Waals surface area contributed by atoms with Crippen molar-refractivity contribution in [2.75, 3.05) is 31.1 Å². The van der Waals surface area contributed by atoms with Crippen LogP contribution < -0.4 is 5.32 Å².